The number of morpholine rings is 1. The minimum absolute atomic E-state index is 0.214. The number of piperidine rings is 1. The van der Waals surface area contributed by atoms with Crippen LogP contribution in [0.4, 0.5) is 4.79 Å². The second kappa shape index (κ2) is 7.30. The van der Waals surface area contributed by atoms with E-state index in [1.165, 1.54) is 0 Å². The first-order chi connectivity index (χ1) is 13.3. The largest absolute Gasteiger partial charge is 0.444 e. The van der Waals surface area contributed by atoms with Gasteiger partial charge in [0, 0.05) is 18.4 Å². The molecule has 3 aliphatic rings. The predicted octanol–water partition coefficient (Wildman–Crippen LogP) is 2.72. The highest BCUT2D eigenvalue weighted by Crippen LogP contribution is 2.42. The topological polar surface area (TPSA) is 77.5 Å². The zero-order valence-electron chi connectivity index (χ0n) is 16.7. The van der Waals surface area contributed by atoms with E-state index in [0.717, 1.165) is 11.1 Å². The monoisotopic (exact) mass is 391 g/mol. The van der Waals surface area contributed by atoms with Gasteiger partial charge in [-0.25, -0.2) is 4.79 Å². The van der Waals surface area contributed by atoms with Crippen molar-refractivity contribution in [2.24, 2.45) is 0 Å². The molecule has 1 N–H and O–H groups in total. The molecule has 28 heavy (non-hydrogen) atoms. The van der Waals surface area contributed by atoms with Gasteiger partial charge in [0.1, 0.15) is 5.60 Å². The Hall–Kier alpha value is -1.67. The Balaban J connectivity index is 1.51. The molecule has 3 fully saturated rings. The number of benzene rings is 1. The molecule has 7 heteroatoms. The van der Waals surface area contributed by atoms with E-state index >= 15 is 0 Å². The van der Waals surface area contributed by atoms with Crippen LogP contribution in [0.15, 0.2) is 24.3 Å². The Bertz CT molecular complexity index is 693. The van der Waals surface area contributed by atoms with Gasteiger partial charge in [0.2, 0.25) is 0 Å². The maximum absolute atomic E-state index is 12.7. The van der Waals surface area contributed by atoms with Gasteiger partial charge in [0.15, 0.2) is 6.29 Å². The van der Waals surface area contributed by atoms with Crippen LogP contribution in [0.3, 0.4) is 0 Å². The van der Waals surface area contributed by atoms with Gasteiger partial charge >= 0.3 is 6.09 Å². The molecule has 154 valence electrons. The third-order valence-corrected chi connectivity index (χ3v) is 5.50. The molecule has 7 nitrogen and oxygen atoms in total. The SMILES string of the molecule is CC(C)(C)OC(=O)N1C2COCC1CC(O)(c1ccc(C3OCCO3)cc1)C2. The quantitative estimate of drug-likeness (QED) is 0.835. The van der Waals surface area contributed by atoms with E-state index in [2.05, 4.69) is 0 Å². The van der Waals surface area contributed by atoms with E-state index in [1.54, 1.807) is 4.90 Å². The lowest BCUT2D eigenvalue weighted by molar-refractivity contribution is -0.141. The molecule has 1 aromatic carbocycles. The lowest BCUT2D eigenvalue weighted by Gasteiger charge is -2.51. The van der Waals surface area contributed by atoms with Crippen molar-refractivity contribution in [2.75, 3.05) is 26.4 Å². The Morgan fingerprint density at radius 1 is 1.11 bits per heavy atom. The predicted molar refractivity (Wildman–Crippen MR) is 101 cm³/mol. The van der Waals surface area contributed by atoms with Gasteiger partial charge in [-0.2, -0.15) is 0 Å². The maximum atomic E-state index is 12.7. The number of fused-ring (bicyclic) bond motifs is 2. The highest BCUT2D eigenvalue weighted by atomic mass is 16.7. The fourth-order valence-electron chi connectivity index (χ4n) is 4.33. The Morgan fingerprint density at radius 3 is 2.21 bits per heavy atom. The average molecular weight is 391 g/mol. The van der Waals surface area contributed by atoms with Crippen LogP contribution >= 0.6 is 0 Å². The number of aliphatic hydroxyl groups is 1. The van der Waals surface area contributed by atoms with Crippen LogP contribution in [0.1, 0.15) is 51.0 Å². The number of carbonyl (C=O) groups excluding carboxylic acids is 1. The Labute approximate surface area is 165 Å². The molecular weight excluding hydrogens is 362 g/mol. The van der Waals surface area contributed by atoms with E-state index in [0.29, 0.717) is 39.3 Å². The van der Waals surface area contributed by atoms with Gasteiger partial charge in [0.05, 0.1) is 44.1 Å². The zero-order valence-corrected chi connectivity index (χ0v) is 16.7. The molecular formula is C21H29NO6. The summed E-state index contributed by atoms with van der Waals surface area (Å²) in [4.78, 5) is 14.5. The van der Waals surface area contributed by atoms with Crippen LogP contribution in [0.2, 0.25) is 0 Å². The van der Waals surface area contributed by atoms with Crippen molar-refractivity contribution in [3.63, 3.8) is 0 Å². The van der Waals surface area contributed by atoms with E-state index < -0.39 is 11.2 Å². The minimum Gasteiger partial charge on any atom is -0.444 e. The molecule has 2 bridgehead atoms. The van der Waals surface area contributed by atoms with E-state index in [-0.39, 0.29) is 24.5 Å². The smallest absolute Gasteiger partial charge is 0.410 e. The van der Waals surface area contributed by atoms with Crippen LogP contribution < -0.4 is 0 Å². The normalized spacial score (nSPS) is 31.1. The summed E-state index contributed by atoms with van der Waals surface area (Å²) in [5.41, 5.74) is 0.225. The fraction of sp³-hybridized carbons (Fsp3) is 0.667. The van der Waals surface area contributed by atoms with Crippen molar-refractivity contribution in [3.8, 4) is 0 Å². The number of amides is 1. The molecule has 0 aromatic heterocycles. The summed E-state index contributed by atoms with van der Waals surface area (Å²) in [6.45, 7) is 7.57. The van der Waals surface area contributed by atoms with Gasteiger partial charge in [-0.05, 0) is 26.3 Å². The summed E-state index contributed by atoms with van der Waals surface area (Å²) in [5, 5.41) is 11.4. The van der Waals surface area contributed by atoms with Crippen LogP contribution in [-0.4, -0.2) is 60.2 Å². The lowest BCUT2D eigenvalue weighted by atomic mass is 9.77. The summed E-state index contributed by atoms with van der Waals surface area (Å²) < 4.78 is 22.3. The Kier molecular flexibility index (Phi) is 5.12. The number of hydrogen-bond donors (Lipinski definition) is 1. The molecule has 0 radical (unpaired) electrons. The number of carbonyl (C=O) groups is 1. The minimum atomic E-state index is -1.01. The molecule has 0 spiro atoms. The number of rotatable bonds is 2. The second-order valence-corrected chi connectivity index (χ2v) is 8.87. The molecule has 4 rings (SSSR count). The van der Waals surface area contributed by atoms with Gasteiger partial charge in [-0.3, -0.25) is 4.90 Å². The van der Waals surface area contributed by atoms with Crippen molar-refractivity contribution in [1.82, 2.24) is 4.90 Å². The first-order valence-electron chi connectivity index (χ1n) is 9.90. The molecule has 3 saturated heterocycles. The first kappa shape index (κ1) is 19.6. The first-order valence-corrected chi connectivity index (χ1v) is 9.90. The highest BCUT2D eigenvalue weighted by molar-refractivity contribution is 5.69. The van der Waals surface area contributed by atoms with Crippen LogP contribution in [0.25, 0.3) is 0 Å². The highest BCUT2D eigenvalue weighted by Gasteiger charge is 2.49. The van der Waals surface area contributed by atoms with Crippen molar-refractivity contribution < 1.29 is 28.8 Å². The van der Waals surface area contributed by atoms with Gasteiger partial charge in [-0.15, -0.1) is 0 Å². The third kappa shape index (κ3) is 3.89. The van der Waals surface area contributed by atoms with Crippen LogP contribution in [-0.2, 0) is 24.5 Å². The molecule has 3 aliphatic heterocycles. The van der Waals surface area contributed by atoms with Gasteiger partial charge < -0.3 is 24.1 Å². The number of nitrogens with zero attached hydrogens (tertiary/aromatic N) is 1. The van der Waals surface area contributed by atoms with Crippen molar-refractivity contribution in [1.29, 1.82) is 0 Å². The molecule has 1 aromatic rings. The summed E-state index contributed by atoms with van der Waals surface area (Å²) >= 11 is 0. The van der Waals surface area contributed by atoms with Crippen LogP contribution in [0.5, 0.6) is 0 Å². The van der Waals surface area contributed by atoms with Crippen molar-refractivity contribution in [2.45, 2.75) is 63.2 Å². The molecule has 2 unspecified atom stereocenters. The average Bonchev–Trinajstić information content (AvgIpc) is 3.14. The van der Waals surface area contributed by atoms with E-state index in [1.807, 2.05) is 45.0 Å². The van der Waals surface area contributed by atoms with Crippen molar-refractivity contribution >= 4 is 6.09 Å². The maximum Gasteiger partial charge on any atom is 0.410 e. The summed E-state index contributed by atoms with van der Waals surface area (Å²) in [7, 11) is 0. The standard InChI is InChI=1S/C21H29NO6/c1-20(2,3)28-19(23)22-16-10-21(24,11-17(22)13-25-12-16)15-6-4-14(5-7-15)18-26-8-9-27-18/h4-7,16-18,24H,8-13H2,1-3H3. The van der Waals surface area contributed by atoms with Gasteiger partial charge in [0.25, 0.3) is 0 Å². The van der Waals surface area contributed by atoms with E-state index in [9.17, 15) is 9.90 Å². The number of ether oxygens (including phenoxy) is 4. The van der Waals surface area contributed by atoms with Crippen molar-refractivity contribution in [3.05, 3.63) is 35.4 Å². The molecule has 2 atom stereocenters. The fourth-order valence-corrected chi connectivity index (χ4v) is 4.33. The molecule has 0 saturated carbocycles. The molecule has 1 amide bonds. The second-order valence-electron chi connectivity index (χ2n) is 8.87. The Morgan fingerprint density at radius 2 is 1.68 bits per heavy atom. The summed E-state index contributed by atoms with van der Waals surface area (Å²) in [6.07, 6.45) is 0.168. The molecule has 0 aliphatic carbocycles. The molecule has 3 heterocycles. The van der Waals surface area contributed by atoms with E-state index in [4.69, 9.17) is 18.9 Å². The summed E-state index contributed by atoms with van der Waals surface area (Å²) in [5.74, 6) is 0. The summed E-state index contributed by atoms with van der Waals surface area (Å²) in [6, 6.07) is 7.31. The van der Waals surface area contributed by atoms with Crippen LogP contribution in [0, 0.1) is 0 Å². The zero-order chi connectivity index (χ0) is 19.9. The number of hydrogen-bond acceptors (Lipinski definition) is 6. The van der Waals surface area contributed by atoms with Gasteiger partial charge in [-0.1, -0.05) is 24.3 Å². The third-order valence-electron chi connectivity index (χ3n) is 5.50. The lowest BCUT2D eigenvalue weighted by Crippen LogP contribution is -2.63.